The van der Waals surface area contributed by atoms with Gasteiger partial charge in [0.15, 0.2) is 0 Å². The SMILES string of the molecule is COc1ccc(C(O)Cc2cc(F)ccc2C)cc1Br. The van der Waals surface area contributed by atoms with Crippen LogP contribution in [-0.2, 0) is 6.42 Å². The molecule has 2 nitrogen and oxygen atoms in total. The maximum atomic E-state index is 13.3. The molecule has 106 valence electrons. The predicted molar refractivity (Wildman–Crippen MR) is 80.5 cm³/mol. The predicted octanol–water partition coefficient (Wildman–Crippen LogP) is 4.18. The summed E-state index contributed by atoms with van der Waals surface area (Å²) < 4.78 is 19.2. The minimum Gasteiger partial charge on any atom is -0.496 e. The van der Waals surface area contributed by atoms with Gasteiger partial charge in [0.25, 0.3) is 0 Å². The second kappa shape index (κ2) is 6.37. The van der Waals surface area contributed by atoms with Crippen LogP contribution in [0.3, 0.4) is 0 Å². The van der Waals surface area contributed by atoms with Crippen molar-refractivity contribution in [2.75, 3.05) is 7.11 Å². The first-order valence-corrected chi connectivity index (χ1v) is 7.07. The first-order valence-electron chi connectivity index (χ1n) is 6.28. The van der Waals surface area contributed by atoms with E-state index in [0.717, 1.165) is 21.2 Å². The molecule has 0 fully saturated rings. The molecule has 1 atom stereocenters. The minimum absolute atomic E-state index is 0.284. The fraction of sp³-hybridized carbons (Fsp3) is 0.250. The molecule has 1 unspecified atom stereocenters. The van der Waals surface area contributed by atoms with E-state index in [0.29, 0.717) is 12.2 Å². The second-order valence-electron chi connectivity index (χ2n) is 4.68. The van der Waals surface area contributed by atoms with Crippen molar-refractivity contribution in [3.63, 3.8) is 0 Å². The molecule has 4 heteroatoms. The van der Waals surface area contributed by atoms with Crippen LogP contribution in [0.1, 0.15) is 22.8 Å². The van der Waals surface area contributed by atoms with Crippen molar-refractivity contribution in [3.05, 3.63) is 63.4 Å². The number of aliphatic hydroxyl groups excluding tert-OH is 1. The molecule has 1 N–H and O–H groups in total. The van der Waals surface area contributed by atoms with Gasteiger partial charge in [-0.05, 0) is 63.8 Å². The van der Waals surface area contributed by atoms with Gasteiger partial charge < -0.3 is 9.84 Å². The van der Waals surface area contributed by atoms with E-state index in [4.69, 9.17) is 4.74 Å². The second-order valence-corrected chi connectivity index (χ2v) is 5.54. The van der Waals surface area contributed by atoms with E-state index >= 15 is 0 Å². The summed E-state index contributed by atoms with van der Waals surface area (Å²) in [5.74, 6) is 0.427. The Morgan fingerprint density at radius 1 is 1.25 bits per heavy atom. The lowest BCUT2D eigenvalue weighted by atomic mass is 9.98. The van der Waals surface area contributed by atoms with Crippen molar-refractivity contribution in [2.45, 2.75) is 19.4 Å². The van der Waals surface area contributed by atoms with E-state index in [1.165, 1.54) is 12.1 Å². The molecule has 2 aromatic rings. The lowest BCUT2D eigenvalue weighted by Gasteiger charge is -2.14. The Kier molecular flexibility index (Phi) is 4.78. The fourth-order valence-electron chi connectivity index (χ4n) is 2.08. The number of aryl methyl sites for hydroxylation is 1. The number of rotatable bonds is 4. The standard InChI is InChI=1S/C16H16BrFO2/c1-10-3-5-13(18)7-12(10)9-15(19)11-4-6-16(20-2)14(17)8-11/h3-8,15,19H,9H2,1-2H3. The number of aliphatic hydroxyl groups is 1. The number of halogens is 2. The van der Waals surface area contributed by atoms with Gasteiger partial charge in [-0.25, -0.2) is 4.39 Å². The Bertz CT molecular complexity index is 613. The van der Waals surface area contributed by atoms with Crippen LogP contribution in [0.5, 0.6) is 5.75 Å². The van der Waals surface area contributed by atoms with Gasteiger partial charge in [-0.1, -0.05) is 12.1 Å². The fourth-order valence-corrected chi connectivity index (χ4v) is 2.63. The molecule has 2 rings (SSSR count). The highest BCUT2D eigenvalue weighted by Gasteiger charge is 2.13. The normalized spacial score (nSPS) is 12.2. The van der Waals surface area contributed by atoms with Gasteiger partial charge in [-0.2, -0.15) is 0 Å². The van der Waals surface area contributed by atoms with E-state index < -0.39 is 6.10 Å². The van der Waals surface area contributed by atoms with Gasteiger partial charge in [-0.3, -0.25) is 0 Å². The van der Waals surface area contributed by atoms with Gasteiger partial charge in [0, 0.05) is 6.42 Å². The molecule has 0 heterocycles. The first-order chi connectivity index (χ1) is 9.51. The van der Waals surface area contributed by atoms with Crippen LogP contribution < -0.4 is 4.74 Å². The third kappa shape index (κ3) is 3.38. The van der Waals surface area contributed by atoms with Gasteiger partial charge in [0.2, 0.25) is 0 Å². The zero-order valence-corrected chi connectivity index (χ0v) is 12.9. The van der Waals surface area contributed by atoms with Crippen LogP contribution in [0, 0.1) is 12.7 Å². The maximum absolute atomic E-state index is 13.3. The molecular formula is C16H16BrFO2. The van der Waals surface area contributed by atoms with E-state index in [1.54, 1.807) is 19.2 Å². The van der Waals surface area contributed by atoms with Gasteiger partial charge in [0.1, 0.15) is 11.6 Å². The van der Waals surface area contributed by atoms with Crippen molar-refractivity contribution in [2.24, 2.45) is 0 Å². The van der Waals surface area contributed by atoms with Crippen molar-refractivity contribution in [3.8, 4) is 5.75 Å². The Balaban J connectivity index is 2.21. The van der Waals surface area contributed by atoms with Crippen molar-refractivity contribution in [1.82, 2.24) is 0 Å². The van der Waals surface area contributed by atoms with Gasteiger partial charge in [-0.15, -0.1) is 0 Å². The molecule has 0 saturated carbocycles. The summed E-state index contributed by atoms with van der Waals surface area (Å²) in [6.45, 7) is 1.91. The Labute approximate surface area is 126 Å². The molecule has 0 saturated heterocycles. The van der Waals surface area contributed by atoms with E-state index in [-0.39, 0.29) is 5.82 Å². The molecule has 0 aliphatic heterocycles. The number of hydrogen-bond acceptors (Lipinski definition) is 2. The summed E-state index contributed by atoms with van der Waals surface area (Å²) in [7, 11) is 1.59. The molecule has 0 aliphatic rings. The van der Waals surface area contributed by atoms with Gasteiger partial charge in [0.05, 0.1) is 17.7 Å². The Hall–Kier alpha value is -1.39. The molecule has 0 aromatic heterocycles. The minimum atomic E-state index is -0.683. The average molecular weight is 339 g/mol. The summed E-state index contributed by atoms with van der Waals surface area (Å²) >= 11 is 3.39. The quantitative estimate of drug-likeness (QED) is 0.905. The van der Waals surface area contributed by atoms with Crippen LogP contribution in [0.4, 0.5) is 4.39 Å². The average Bonchev–Trinajstić information content (AvgIpc) is 2.42. The molecule has 0 radical (unpaired) electrons. The smallest absolute Gasteiger partial charge is 0.133 e. The maximum Gasteiger partial charge on any atom is 0.133 e. The lowest BCUT2D eigenvalue weighted by molar-refractivity contribution is 0.178. The highest BCUT2D eigenvalue weighted by molar-refractivity contribution is 9.10. The molecule has 20 heavy (non-hydrogen) atoms. The number of hydrogen-bond donors (Lipinski definition) is 1. The first kappa shape index (κ1) is 15.0. The molecule has 0 bridgehead atoms. The topological polar surface area (TPSA) is 29.5 Å². The zero-order chi connectivity index (χ0) is 14.7. The third-order valence-corrected chi connectivity index (χ3v) is 3.90. The van der Waals surface area contributed by atoms with Crippen LogP contribution >= 0.6 is 15.9 Å². The van der Waals surface area contributed by atoms with Gasteiger partial charge >= 0.3 is 0 Å². The molecule has 0 aliphatic carbocycles. The Morgan fingerprint density at radius 3 is 2.65 bits per heavy atom. The van der Waals surface area contributed by atoms with E-state index in [1.807, 2.05) is 19.1 Å². The van der Waals surface area contributed by atoms with Crippen LogP contribution in [-0.4, -0.2) is 12.2 Å². The molecule has 0 amide bonds. The van der Waals surface area contributed by atoms with E-state index in [9.17, 15) is 9.50 Å². The summed E-state index contributed by atoms with van der Waals surface area (Å²) in [6.07, 6.45) is -0.305. The number of ether oxygens (including phenoxy) is 1. The monoisotopic (exact) mass is 338 g/mol. The molecule has 2 aromatic carbocycles. The lowest BCUT2D eigenvalue weighted by Crippen LogP contribution is -2.04. The summed E-state index contributed by atoms with van der Waals surface area (Å²) in [5, 5.41) is 10.3. The zero-order valence-electron chi connectivity index (χ0n) is 11.4. The van der Waals surface area contributed by atoms with Crippen molar-refractivity contribution < 1.29 is 14.2 Å². The van der Waals surface area contributed by atoms with Crippen molar-refractivity contribution in [1.29, 1.82) is 0 Å². The van der Waals surface area contributed by atoms with Crippen LogP contribution in [0.2, 0.25) is 0 Å². The summed E-state index contributed by atoms with van der Waals surface area (Å²) in [4.78, 5) is 0. The van der Waals surface area contributed by atoms with Crippen molar-refractivity contribution >= 4 is 15.9 Å². The number of methoxy groups -OCH3 is 1. The third-order valence-electron chi connectivity index (χ3n) is 3.29. The van der Waals surface area contributed by atoms with Crippen LogP contribution in [0.25, 0.3) is 0 Å². The summed E-state index contributed by atoms with van der Waals surface area (Å²) in [6, 6.07) is 10.0. The highest BCUT2D eigenvalue weighted by Crippen LogP contribution is 2.29. The molecule has 0 spiro atoms. The number of benzene rings is 2. The largest absolute Gasteiger partial charge is 0.496 e. The highest BCUT2D eigenvalue weighted by atomic mass is 79.9. The summed E-state index contributed by atoms with van der Waals surface area (Å²) in [5.41, 5.74) is 2.55. The van der Waals surface area contributed by atoms with E-state index in [2.05, 4.69) is 15.9 Å². The Morgan fingerprint density at radius 2 is 2.00 bits per heavy atom. The molecular weight excluding hydrogens is 323 g/mol. The van der Waals surface area contributed by atoms with Crippen LogP contribution in [0.15, 0.2) is 40.9 Å².